The Morgan fingerprint density at radius 1 is 0.744 bits per heavy atom. The summed E-state index contributed by atoms with van der Waals surface area (Å²) in [4.78, 5) is 6.70. The zero-order valence-electron chi connectivity index (χ0n) is 22.2. The van der Waals surface area contributed by atoms with Crippen molar-refractivity contribution in [2.45, 2.75) is 20.8 Å². The van der Waals surface area contributed by atoms with Crippen LogP contribution in [0.15, 0.2) is 110 Å². The molecule has 8 heteroatoms. The number of anilines is 1. The van der Waals surface area contributed by atoms with Crippen molar-refractivity contribution in [1.29, 1.82) is 5.26 Å². The molecule has 4 aromatic carbocycles. The molecule has 0 aliphatic heterocycles. The minimum absolute atomic E-state index is 0.201. The fraction of sp³-hybridized carbons (Fsp3) is 0.161. The zero-order valence-corrected chi connectivity index (χ0v) is 22.2. The first-order valence-electron chi connectivity index (χ1n) is 12.7. The highest BCUT2D eigenvalue weighted by molar-refractivity contribution is 5.86. The second-order valence-electron chi connectivity index (χ2n) is 8.72. The van der Waals surface area contributed by atoms with E-state index in [-0.39, 0.29) is 5.75 Å². The van der Waals surface area contributed by atoms with E-state index in [4.69, 9.17) is 5.26 Å². The molecular weight excluding hydrogens is 486 g/mol. The molecule has 0 bridgehead atoms. The molecule has 0 radical (unpaired) electrons. The average Bonchev–Trinajstić information content (AvgIpc) is 2.96. The fourth-order valence-electron chi connectivity index (χ4n) is 3.82. The predicted molar refractivity (Wildman–Crippen MR) is 156 cm³/mol. The summed E-state index contributed by atoms with van der Waals surface area (Å²) in [6.45, 7) is 7.89. The molecule has 1 N–H and O–H groups in total. The summed E-state index contributed by atoms with van der Waals surface area (Å²) in [6.07, 6.45) is 1.66. The van der Waals surface area contributed by atoms with Crippen LogP contribution in [-0.2, 0) is 0 Å². The van der Waals surface area contributed by atoms with Crippen LogP contribution in [0.5, 0.6) is 5.75 Å². The van der Waals surface area contributed by atoms with E-state index in [0.717, 1.165) is 35.7 Å². The Balaban J connectivity index is 1.39. The van der Waals surface area contributed by atoms with Gasteiger partial charge < -0.3 is 10.0 Å². The van der Waals surface area contributed by atoms with E-state index in [2.05, 4.69) is 50.3 Å². The van der Waals surface area contributed by atoms with Gasteiger partial charge in [-0.3, -0.25) is 4.99 Å². The van der Waals surface area contributed by atoms with Gasteiger partial charge in [-0.2, -0.15) is 25.7 Å². The highest BCUT2D eigenvalue weighted by Gasteiger charge is 2.06. The standard InChI is InChI=1S/C31H29N7O/c1-4-38(5-2)29-16-8-24(31(39)19-29)21-33-28-15-17-30(22(3)18-28)37-36-27-13-11-26(12-14-27)35-34-25-9-6-23(20-32)7-10-25/h6-19,21,39H,4-5H2,1-3H3/b33-21+,35-34+,37-36+. The molecule has 0 unspecified atom stereocenters. The van der Waals surface area contributed by atoms with Crippen molar-refractivity contribution < 1.29 is 5.11 Å². The number of phenols is 1. The van der Waals surface area contributed by atoms with E-state index in [9.17, 15) is 5.11 Å². The minimum Gasteiger partial charge on any atom is -0.507 e. The SMILES string of the molecule is CCN(CC)c1ccc(/C=N/c2ccc(/N=N/c3ccc(/N=N/c4ccc(C#N)cc4)cc3)c(C)c2)c(O)c1. The molecule has 4 aromatic rings. The van der Waals surface area contributed by atoms with Gasteiger partial charge in [-0.25, -0.2) is 0 Å². The molecule has 8 nitrogen and oxygen atoms in total. The number of benzene rings is 4. The van der Waals surface area contributed by atoms with Crippen molar-refractivity contribution in [3.05, 3.63) is 102 Å². The Morgan fingerprint density at radius 2 is 1.31 bits per heavy atom. The van der Waals surface area contributed by atoms with E-state index in [0.29, 0.717) is 28.2 Å². The smallest absolute Gasteiger partial charge is 0.126 e. The zero-order chi connectivity index (χ0) is 27.6. The number of nitrogens with zero attached hydrogens (tertiary/aromatic N) is 7. The maximum atomic E-state index is 10.4. The Bertz CT molecular complexity index is 1550. The second kappa shape index (κ2) is 12.9. The lowest BCUT2D eigenvalue weighted by Gasteiger charge is -2.21. The van der Waals surface area contributed by atoms with Gasteiger partial charge in [0.25, 0.3) is 0 Å². The third-order valence-corrected chi connectivity index (χ3v) is 6.08. The molecule has 0 aliphatic carbocycles. The molecule has 0 aliphatic rings. The summed E-state index contributed by atoms with van der Waals surface area (Å²) in [7, 11) is 0. The lowest BCUT2D eigenvalue weighted by Crippen LogP contribution is -2.21. The molecule has 0 fully saturated rings. The quantitative estimate of drug-likeness (QED) is 0.177. The van der Waals surface area contributed by atoms with Crippen molar-refractivity contribution in [2.24, 2.45) is 25.4 Å². The van der Waals surface area contributed by atoms with Gasteiger partial charge in [-0.1, -0.05) is 0 Å². The van der Waals surface area contributed by atoms with Gasteiger partial charge in [0.05, 0.1) is 40.1 Å². The molecule has 0 spiro atoms. The Morgan fingerprint density at radius 3 is 1.85 bits per heavy atom. The van der Waals surface area contributed by atoms with E-state index < -0.39 is 0 Å². The summed E-state index contributed by atoms with van der Waals surface area (Å²) < 4.78 is 0. The van der Waals surface area contributed by atoms with Gasteiger partial charge in [0.1, 0.15) is 5.75 Å². The topological polar surface area (TPSA) is 109 Å². The summed E-state index contributed by atoms with van der Waals surface area (Å²) in [5.41, 5.74) is 6.71. The van der Waals surface area contributed by atoms with Crippen LogP contribution in [-0.4, -0.2) is 24.4 Å². The number of aryl methyl sites for hydroxylation is 1. The number of azo groups is 2. The number of phenolic OH excluding ortho intramolecular Hbond substituents is 1. The van der Waals surface area contributed by atoms with Crippen molar-refractivity contribution in [3.63, 3.8) is 0 Å². The molecule has 194 valence electrons. The lowest BCUT2D eigenvalue weighted by atomic mass is 10.1. The van der Waals surface area contributed by atoms with Crippen LogP contribution >= 0.6 is 0 Å². The molecule has 0 atom stereocenters. The van der Waals surface area contributed by atoms with Crippen LogP contribution in [0.2, 0.25) is 0 Å². The van der Waals surface area contributed by atoms with Crippen LogP contribution in [0.25, 0.3) is 0 Å². The van der Waals surface area contributed by atoms with E-state index >= 15 is 0 Å². The molecule has 0 saturated carbocycles. The summed E-state index contributed by atoms with van der Waals surface area (Å²) in [5, 5.41) is 36.4. The number of aliphatic imine (C=N–C) groups is 1. The van der Waals surface area contributed by atoms with Gasteiger partial charge in [0.15, 0.2) is 0 Å². The molecule has 0 heterocycles. The van der Waals surface area contributed by atoms with E-state index in [1.807, 2.05) is 61.5 Å². The minimum atomic E-state index is 0.201. The summed E-state index contributed by atoms with van der Waals surface area (Å²) in [6, 6.07) is 27.6. The molecular formula is C31H29N7O. The molecule has 0 amide bonds. The molecule has 4 rings (SSSR count). The van der Waals surface area contributed by atoms with Crippen molar-refractivity contribution in [1.82, 2.24) is 0 Å². The number of aromatic hydroxyl groups is 1. The van der Waals surface area contributed by atoms with Crippen LogP contribution in [0.4, 0.5) is 34.1 Å². The molecule has 39 heavy (non-hydrogen) atoms. The van der Waals surface area contributed by atoms with E-state index in [1.54, 1.807) is 36.5 Å². The van der Waals surface area contributed by atoms with Gasteiger partial charge in [0.2, 0.25) is 0 Å². The molecule has 0 aromatic heterocycles. The van der Waals surface area contributed by atoms with Crippen LogP contribution in [0.3, 0.4) is 0 Å². The first-order chi connectivity index (χ1) is 19.0. The average molecular weight is 516 g/mol. The highest BCUT2D eigenvalue weighted by atomic mass is 16.3. The normalized spacial score (nSPS) is 11.4. The lowest BCUT2D eigenvalue weighted by molar-refractivity contribution is 0.474. The Hall–Kier alpha value is -5.16. The van der Waals surface area contributed by atoms with Gasteiger partial charge in [0, 0.05) is 36.6 Å². The first kappa shape index (κ1) is 26.9. The largest absolute Gasteiger partial charge is 0.507 e. The Kier molecular flexibility index (Phi) is 8.88. The summed E-state index contributed by atoms with van der Waals surface area (Å²) in [5.74, 6) is 0.201. The first-order valence-corrected chi connectivity index (χ1v) is 12.7. The van der Waals surface area contributed by atoms with Crippen molar-refractivity contribution in [2.75, 3.05) is 18.0 Å². The number of rotatable bonds is 9. The Labute approximate surface area is 228 Å². The number of hydrogen-bond donors (Lipinski definition) is 1. The van der Waals surface area contributed by atoms with Crippen LogP contribution in [0.1, 0.15) is 30.5 Å². The molecule has 0 saturated heterocycles. The third kappa shape index (κ3) is 7.21. The summed E-state index contributed by atoms with van der Waals surface area (Å²) >= 11 is 0. The van der Waals surface area contributed by atoms with Gasteiger partial charge in [-0.15, -0.1) is 0 Å². The van der Waals surface area contributed by atoms with E-state index in [1.165, 1.54) is 0 Å². The number of hydrogen-bond acceptors (Lipinski definition) is 8. The van der Waals surface area contributed by atoms with Crippen LogP contribution in [0, 0.1) is 18.3 Å². The van der Waals surface area contributed by atoms with Crippen molar-refractivity contribution >= 4 is 40.3 Å². The third-order valence-electron chi connectivity index (χ3n) is 6.08. The van der Waals surface area contributed by atoms with Crippen LogP contribution < -0.4 is 4.90 Å². The second-order valence-corrected chi connectivity index (χ2v) is 8.72. The highest BCUT2D eigenvalue weighted by Crippen LogP contribution is 2.28. The maximum Gasteiger partial charge on any atom is 0.126 e. The monoisotopic (exact) mass is 515 g/mol. The predicted octanol–water partition coefficient (Wildman–Crippen LogP) is 9.00. The fourth-order valence-corrected chi connectivity index (χ4v) is 3.82. The maximum absolute atomic E-state index is 10.4. The van der Waals surface area contributed by atoms with Gasteiger partial charge >= 0.3 is 0 Å². The number of nitriles is 1. The van der Waals surface area contributed by atoms with Gasteiger partial charge in [-0.05, 0) is 105 Å². The van der Waals surface area contributed by atoms with Crippen molar-refractivity contribution in [3.8, 4) is 11.8 Å².